The summed E-state index contributed by atoms with van der Waals surface area (Å²) in [5.41, 5.74) is 0. The molecular formula is C10H19NOS. The van der Waals surface area contributed by atoms with E-state index in [2.05, 4.69) is 18.9 Å². The van der Waals surface area contributed by atoms with Crippen LogP contribution in [0.3, 0.4) is 0 Å². The summed E-state index contributed by atoms with van der Waals surface area (Å²) in [6, 6.07) is 0.210. The van der Waals surface area contributed by atoms with Gasteiger partial charge in [-0.3, -0.25) is 9.69 Å². The number of hydrogen-bond acceptors (Lipinski definition) is 3. The second-order valence-electron chi connectivity index (χ2n) is 3.66. The molecule has 0 aromatic rings. The molecule has 0 aromatic heterocycles. The Kier molecular flexibility index (Phi) is 4.81. The van der Waals surface area contributed by atoms with Crippen molar-refractivity contribution in [2.45, 2.75) is 38.6 Å². The standard InChI is InChI=1S/C10H19NOS/c1-3-4-8-13-10(12)9-6-5-7-11(9)2/h9H,3-8H2,1-2H3. The molecule has 1 rings (SSSR count). The summed E-state index contributed by atoms with van der Waals surface area (Å²) in [6.45, 7) is 3.25. The lowest BCUT2D eigenvalue weighted by molar-refractivity contribution is -0.114. The second-order valence-corrected chi connectivity index (χ2v) is 4.76. The number of likely N-dealkylation sites (N-methyl/N-ethyl adjacent to an activating group) is 1. The van der Waals surface area contributed by atoms with Gasteiger partial charge >= 0.3 is 0 Å². The molecule has 13 heavy (non-hydrogen) atoms. The zero-order chi connectivity index (χ0) is 9.68. The van der Waals surface area contributed by atoms with Crippen LogP contribution in [0.15, 0.2) is 0 Å². The Hall–Kier alpha value is -0.0200. The molecule has 1 heterocycles. The van der Waals surface area contributed by atoms with Crippen LogP contribution in [0.1, 0.15) is 32.6 Å². The molecule has 2 nitrogen and oxygen atoms in total. The van der Waals surface area contributed by atoms with Crippen LogP contribution in [0, 0.1) is 0 Å². The monoisotopic (exact) mass is 201 g/mol. The summed E-state index contributed by atoms with van der Waals surface area (Å²) in [5.74, 6) is 1.000. The van der Waals surface area contributed by atoms with Gasteiger partial charge in [0.05, 0.1) is 6.04 Å². The molecule has 1 aliphatic heterocycles. The third kappa shape index (κ3) is 3.31. The molecule has 1 aliphatic rings. The summed E-state index contributed by atoms with van der Waals surface area (Å²) >= 11 is 1.52. The first-order chi connectivity index (χ1) is 6.25. The number of thioether (sulfide) groups is 1. The van der Waals surface area contributed by atoms with Crippen molar-refractivity contribution in [1.82, 2.24) is 4.90 Å². The van der Waals surface area contributed by atoms with E-state index in [1.807, 2.05) is 0 Å². The van der Waals surface area contributed by atoms with Gasteiger partial charge in [0.15, 0.2) is 0 Å². The SMILES string of the molecule is CCCCSC(=O)C1CCCN1C. The fraction of sp³-hybridized carbons (Fsp3) is 0.900. The Balaban J connectivity index is 2.22. The molecular weight excluding hydrogens is 182 g/mol. The van der Waals surface area contributed by atoms with Crippen molar-refractivity contribution >= 4 is 16.9 Å². The van der Waals surface area contributed by atoms with E-state index in [9.17, 15) is 4.79 Å². The van der Waals surface area contributed by atoms with E-state index in [-0.39, 0.29) is 6.04 Å². The van der Waals surface area contributed by atoms with Crippen molar-refractivity contribution < 1.29 is 4.79 Å². The minimum absolute atomic E-state index is 0.210. The van der Waals surface area contributed by atoms with Gasteiger partial charge in [0, 0.05) is 5.75 Å². The largest absolute Gasteiger partial charge is 0.296 e. The van der Waals surface area contributed by atoms with E-state index >= 15 is 0 Å². The number of nitrogens with zero attached hydrogens (tertiary/aromatic N) is 1. The van der Waals surface area contributed by atoms with Gasteiger partial charge in [-0.25, -0.2) is 0 Å². The van der Waals surface area contributed by atoms with Crippen molar-refractivity contribution in [1.29, 1.82) is 0 Å². The highest BCUT2D eigenvalue weighted by Crippen LogP contribution is 2.21. The molecule has 0 bridgehead atoms. The van der Waals surface area contributed by atoms with Gasteiger partial charge in [-0.1, -0.05) is 25.1 Å². The third-order valence-corrected chi connectivity index (χ3v) is 3.58. The lowest BCUT2D eigenvalue weighted by Gasteiger charge is -2.16. The van der Waals surface area contributed by atoms with Crippen molar-refractivity contribution in [3.8, 4) is 0 Å². The van der Waals surface area contributed by atoms with Gasteiger partial charge in [-0.05, 0) is 32.9 Å². The number of unbranched alkanes of at least 4 members (excludes halogenated alkanes) is 1. The Morgan fingerprint density at radius 2 is 2.38 bits per heavy atom. The van der Waals surface area contributed by atoms with E-state index in [0.29, 0.717) is 5.12 Å². The van der Waals surface area contributed by atoms with E-state index < -0.39 is 0 Å². The fourth-order valence-corrected chi connectivity index (χ4v) is 2.75. The normalized spacial score (nSPS) is 23.7. The van der Waals surface area contributed by atoms with Gasteiger partial charge in [-0.2, -0.15) is 0 Å². The van der Waals surface area contributed by atoms with Crippen molar-refractivity contribution in [3.63, 3.8) is 0 Å². The van der Waals surface area contributed by atoms with Gasteiger partial charge in [-0.15, -0.1) is 0 Å². The lowest BCUT2D eigenvalue weighted by atomic mass is 10.2. The second kappa shape index (κ2) is 5.66. The molecule has 0 radical (unpaired) electrons. The highest BCUT2D eigenvalue weighted by atomic mass is 32.2. The predicted molar refractivity (Wildman–Crippen MR) is 58.0 cm³/mol. The molecule has 1 saturated heterocycles. The van der Waals surface area contributed by atoms with Crippen molar-refractivity contribution in [3.05, 3.63) is 0 Å². The van der Waals surface area contributed by atoms with Gasteiger partial charge < -0.3 is 0 Å². The number of carbonyl (C=O) groups excluding carboxylic acids is 1. The fourth-order valence-electron chi connectivity index (χ4n) is 1.62. The number of rotatable bonds is 4. The summed E-state index contributed by atoms with van der Waals surface area (Å²) in [4.78, 5) is 13.8. The van der Waals surface area contributed by atoms with E-state index in [4.69, 9.17) is 0 Å². The quantitative estimate of drug-likeness (QED) is 0.650. The van der Waals surface area contributed by atoms with Crippen LogP contribution >= 0.6 is 11.8 Å². The van der Waals surface area contributed by atoms with Crippen LogP contribution in [-0.4, -0.2) is 35.4 Å². The summed E-state index contributed by atoms with van der Waals surface area (Å²) in [5, 5.41) is 0.383. The number of likely N-dealkylation sites (tertiary alicyclic amines) is 1. The van der Waals surface area contributed by atoms with Crippen molar-refractivity contribution in [2.75, 3.05) is 19.3 Å². The van der Waals surface area contributed by atoms with Gasteiger partial charge in [0.25, 0.3) is 0 Å². The van der Waals surface area contributed by atoms with Crippen LogP contribution < -0.4 is 0 Å². The minimum Gasteiger partial charge on any atom is -0.296 e. The van der Waals surface area contributed by atoms with Crippen molar-refractivity contribution in [2.24, 2.45) is 0 Å². The molecule has 1 atom stereocenters. The topological polar surface area (TPSA) is 20.3 Å². The maximum atomic E-state index is 11.7. The highest BCUT2D eigenvalue weighted by Gasteiger charge is 2.27. The van der Waals surface area contributed by atoms with Crippen LogP contribution in [0.2, 0.25) is 0 Å². The third-order valence-electron chi connectivity index (χ3n) is 2.53. The van der Waals surface area contributed by atoms with E-state index in [0.717, 1.165) is 25.1 Å². The Bertz CT molecular complexity index is 172. The van der Waals surface area contributed by atoms with Crippen LogP contribution in [0.5, 0.6) is 0 Å². The van der Waals surface area contributed by atoms with Crippen LogP contribution in [0.25, 0.3) is 0 Å². The molecule has 76 valence electrons. The zero-order valence-corrected chi connectivity index (χ0v) is 9.40. The predicted octanol–water partition coefficient (Wildman–Crippen LogP) is 2.14. The Morgan fingerprint density at radius 3 is 2.92 bits per heavy atom. The van der Waals surface area contributed by atoms with Crippen LogP contribution in [0.4, 0.5) is 0 Å². The maximum absolute atomic E-state index is 11.7. The first-order valence-corrected chi connectivity index (χ1v) is 6.11. The maximum Gasteiger partial charge on any atom is 0.206 e. The molecule has 0 N–H and O–H groups in total. The lowest BCUT2D eigenvalue weighted by Crippen LogP contribution is -2.31. The Morgan fingerprint density at radius 1 is 1.62 bits per heavy atom. The molecule has 3 heteroatoms. The Labute approximate surface area is 85.1 Å². The van der Waals surface area contributed by atoms with Gasteiger partial charge in [0.1, 0.15) is 0 Å². The zero-order valence-electron chi connectivity index (χ0n) is 8.58. The average molecular weight is 201 g/mol. The van der Waals surface area contributed by atoms with Crippen LogP contribution in [-0.2, 0) is 4.79 Å². The smallest absolute Gasteiger partial charge is 0.206 e. The molecule has 0 aromatic carbocycles. The summed E-state index contributed by atoms with van der Waals surface area (Å²) in [6.07, 6.45) is 4.59. The average Bonchev–Trinajstić information content (AvgIpc) is 2.52. The molecule has 1 unspecified atom stereocenters. The summed E-state index contributed by atoms with van der Waals surface area (Å²) in [7, 11) is 2.05. The first-order valence-electron chi connectivity index (χ1n) is 5.12. The molecule has 0 amide bonds. The first kappa shape index (κ1) is 11.1. The summed E-state index contributed by atoms with van der Waals surface area (Å²) < 4.78 is 0. The molecule has 0 saturated carbocycles. The molecule has 0 aliphatic carbocycles. The van der Waals surface area contributed by atoms with E-state index in [1.54, 1.807) is 0 Å². The number of carbonyl (C=O) groups is 1. The van der Waals surface area contributed by atoms with E-state index in [1.165, 1.54) is 24.6 Å². The molecule has 1 fully saturated rings. The highest BCUT2D eigenvalue weighted by molar-refractivity contribution is 8.13. The molecule has 0 spiro atoms. The minimum atomic E-state index is 0.210. The number of hydrogen-bond donors (Lipinski definition) is 0. The van der Waals surface area contributed by atoms with Gasteiger partial charge in [0.2, 0.25) is 5.12 Å².